The Morgan fingerprint density at radius 2 is 0.544 bits per heavy atom. The number of benzene rings is 4. The molecule has 0 aliphatic carbocycles. The van der Waals surface area contributed by atoms with Crippen molar-refractivity contribution in [2.75, 3.05) is 11.5 Å². The molecule has 0 radical (unpaired) electrons. The van der Waals surface area contributed by atoms with Crippen LogP contribution in [0.2, 0.25) is 0 Å². The maximum absolute atomic E-state index is 14.4. The van der Waals surface area contributed by atoms with Crippen LogP contribution in [0.5, 0.6) is 0 Å². The molecule has 4 rings (SSSR count). The molecule has 10 nitrogen and oxygen atoms in total. The SMILES string of the molecule is CC(C)=CCC/C(C)=C/C(C/C(C)=C/C(C/C(C)=C/CS(=O)(=O)C/C=C(\C)CC(/C=C(\C)CC(/C=C(\C)CCC=C(C)C)S(=O)(=O)c1ccccc1)S(=O)(=O)c1ccccc1)S(=O)(=O)c1ccccc1)S(=O)(=O)c1ccccc1. The van der Waals surface area contributed by atoms with Crippen molar-refractivity contribution >= 4 is 49.2 Å². The number of hydrogen-bond donors (Lipinski definition) is 0. The van der Waals surface area contributed by atoms with Gasteiger partial charge in [0.1, 0.15) is 0 Å². The van der Waals surface area contributed by atoms with Gasteiger partial charge in [0.25, 0.3) is 0 Å². The zero-order chi connectivity index (χ0) is 58.6. The summed E-state index contributed by atoms with van der Waals surface area (Å²) in [5.74, 6) is -0.859. The fourth-order valence-corrected chi connectivity index (χ4v) is 17.3. The lowest BCUT2D eigenvalue weighted by molar-refractivity contribution is 0.583. The lowest BCUT2D eigenvalue weighted by atomic mass is 10.0. The molecule has 0 saturated carbocycles. The van der Waals surface area contributed by atoms with Gasteiger partial charge in [0.2, 0.25) is 0 Å². The summed E-state index contributed by atoms with van der Waals surface area (Å²) in [6.07, 6.45) is 16.5. The predicted molar refractivity (Wildman–Crippen MR) is 327 cm³/mol. The summed E-state index contributed by atoms with van der Waals surface area (Å²) in [7, 11) is -19.8. The van der Waals surface area contributed by atoms with E-state index in [1.165, 1.54) is 36.4 Å². The standard InChI is InChI=1S/C64H82O10S5/c1-49(2)25-23-27-51(5)41-61(76(67,68)57-29-15-11-16-30-57)45-55(9)47-63(78(71,72)59-33-19-13-20-34-59)43-53(7)37-39-75(65,66)40-38-54(8)44-64(79(73,74)60-35-21-14-22-36-60)48-56(10)46-62(42-52(6)28-24-26-50(3)4)77(69,70)58-31-17-12-18-32-58/h11-22,25-26,29-38,41-42,47-48,61-64H,23-24,27-28,39-40,43-46H2,1-10H3/b51-41+,52-42+,53-37+,54-38+,55-47+,56-48+. The van der Waals surface area contributed by atoms with E-state index in [0.717, 1.165) is 35.1 Å². The van der Waals surface area contributed by atoms with Crippen LogP contribution in [0.1, 0.15) is 121 Å². The molecule has 0 heterocycles. The maximum atomic E-state index is 14.4. The van der Waals surface area contributed by atoms with Crippen LogP contribution < -0.4 is 0 Å². The highest BCUT2D eigenvalue weighted by Crippen LogP contribution is 2.31. The Kier molecular flexibility index (Phi) is 25.4. The highest BCUT2D eigenvalue weighted by Gasteiger charge is 2.32. The first-order chi connectivity index (χ1) is 37.0. The highest BCUT2D eigenvalue weighted by atomic mass is 32.2. The number of hydrogen-bond acceptors (Lipinski definition) is 10. The molecule has 4 aromatic carbocycles. The first-order valence-electron chi connectivity index (χ1n) is 26.7. The summed E-state index contributed by atoms with van der Waals surface area (Å²) in [5, 5.41) is -4.30. The van der Waals surface area contributed by atoms with E-state index in [1.807, 2.05) is 41.5 Å². The minimum absolute atomic E-state index is 0.0224. The molecule has 0 spiro atoms. The highest BCUT2D eigenvalue weighted by molar-refractivity contribution is 7.93. The van der Waals surface area contributed by atoms with E-state index in [0.29, 0.717) is 35.1 Å². The van der Waals surface area contributed by atoms with Crippen LogP contribution in [0.15, 0.2) is 234 Å². The first-order valence-corrected chi connectivity index (χ1v) is 34.7. The van der Waals surface area contributed by atoms with Crippen molar-refractivity contribution in [2.45, 2.75) is 161 Å². The molecule has 428 valence electrons. The van der Waals surface area contributed by atoms with E-state index in [1.54, 1.807) is 149 Å². The Labute approximate surface area is 475 Å². The molecule has 0 bridgehead atoms. The molecular weight excluding hydrogens is 1090 g/mol. The predicted octanol–water partition coefficient (Wildman–Crippen LogP) is 14.5. The van der Waals surface area contributed by atoms with Crippen molar-refractivity contribution in [1.82, 2.24) is 0 Å². The Hall–Kier alpha value is -5.45. The average molecular weight is 1170 g/mol. The van der Waals surface area contributed by atoms with Crippen molar-refractivity contribution in [1.29, 1.82) is 0 Å². The van der Waals surface area contributed by atoms with Gasteiger partial charge >= 0.3 is 0 Å². The largest absolute Gasteiger partial charge is 0.228 e. The third kappa shape index (κ3) is 21.2. The van der Waals surface area contributed by atoms with Crippen LogP contribution in [0.25, 0.3) is 0 Å². The van der Waals surface area contributed by atoms with Crippen LogP contribution in [0.4, 0.5) is 0 Å². The van der Waals surface area contributed by atoms with Gasteiger partial charge in [-0.25, -0.2) is 42.1 Å². The van der Waals surface area contributed by atoms with Gasteiger partial charge in [0, 0.05) is 0 Å². The third-order valence-corrected chi connectivity index (χ3v) is 22.9. The number of allylic oxidation sites excluding steroid dienone is 10. The maximum Gasteiger partial charge on any atom is 0.185 e. The molecule has 4 aromatic rings. The summed E-state index contributed by atoms with van der Waals surface area (Å²) in [6.45, 7) is 18.6. The Bertz CT molecular complexity index is 3260. The van der Waals surface area contributed by atoms with Crippen molar-refractivity contribution in [3.8, 4) is 0 Å². The second-order valence-electron chi connectivity index (χ2n) is 21.3. The Balaban J connectivity index is 1.64. The molecule has 79 heavy (non-hydrogen) atoms. The van der Waals surface area contributed by atoms with Gasteiger partial charge in [-0.05, 0) is 169 Å². The van der Waals surface area contributed by atoms with Gasteiger partial charge in [-0.2, -0.15) is 0 Å². The smallest absolute Gasteiger partial charge is 0.185 e. The first kappa shape index (κ1) is 66.1. The van der Waals surface area contributed by atoms with E-state index in [-0.39, 0.29) is 45.3 Å². The monoisotopic (exact) mass is 1170 g/mol. The normalized spacial score (nSPS) is 15.5. The molecule has 0 aromatic heterocycles. The topological polar surface area (TPSA) is 171 Å². The van der Waals surface area contributed by atoms with E-state index < -0.39 is 81.7 Å². The lowest BCUT2D eigenvalue weighted by Crippen LogP contribution is -2.23. The van der Waals surface area contributed by atoms with Crippen LogP contribution in [-0.4, -0.2) is 74.6 Å². The third-order valence-electron chi connectivity index (χ3n) is 13.4. The summed E-state index contributed by atoms with van der Waals surface area (Å²) >= 11 is 0. The van der Waals surface area contributed by atoms with Gasteiger partial charge in [0.15, 0.2) is 49.2 Å². The minimum atomic E-state index is -4.06. The lowest BCUT2D eigenvalue weighted by Gasteiger charge is -2.20. The molecule has 0 amide bonds. The van der Waals surface area contributed by atoms with E-state index >= 15 is 0 Å². The fraction of sp³-hybridized carbons (Fsp3) is 0.375. The van der Waals surface area contributed by atoms with Crippen molar-refractivity contribution in [3.63, 3.8) is 0 Å². The van der Waals surface area contributed by atoms with Crippen LogP contribution >= 0.6 is 0 Å². The molecule has 15 heteroatoms. The quantitative estimate of drug-likeness (QED) is 0.0458. The second-order valence-corrected chi connectivity index (χ2v) is 32.1. The van der Waals surface area contributed by atoms with E-state index in [4.69, 9.17) is 0 Å². The Morgan fingerprint density at radius 3 is 0.785 bits per heavy atom. The molecule has 0 fully saturated rings. The molecule has 0 aliphatic heterocycles. The summed E-state index contributed by atoms with van der Waals surface area (Å²) in [6, 6.07) is 32.3. The van der Waals surface area contributed by atoms with Crippen LogP contribution in [0.3, 0.4) is 0 Å². The zero-order valence-corrected chi connectivity index (χ0v) is 51.8. The van der Waals surface area contributed by atoms with Gasteiger partial charge in [-0.1, -0.05) is 166 Å². The fourth-order valence-electron chi connectivity index (χ4n) is 8.96. The van der Waals surface area contributed by atoms with Crippen molar-refractivity contribution in [2.24, 2.45) is 0 Å². The number of sulfone groups is 5. The summed E-state index contributed by atoms with van der Waals surface area (Å²) in [4.78, 5) is 0.458. The Morgan fingerprint density at radius 1 is 0.316 bits per heavy atom. The average Bonchev–Trinajstić information content (AvgIpc) is 3.41. The van der Waals surface area contributed by atoms with Gasteiger partial charge < -0.3 is 0 Å². The summed E-state index contributed by atoms with van der Waals surface area (Å²) < 4.78 is 142. The van der Waals surface area contributed by atoms with Gasteiger partial charge in [-0.15, -0.1) is 0 Å². The molecule has 4 atom stereocenters. The summed E-state index contributed by atoms with van der Waals surface area (Å²) in [5.41, 5.74) is 6.14. The van der Waals surface area contributed by atoms with Gasteiger partial charge in [-0.3, -0.25) is 0 Å². The molecule has 0 aliphatic rings. The molecule has 0 N–H and O–H groups in total. The second kappa shape index (κ2) is 30.4. The van der Waals surface area contributed by atoms with E-state index in [9.17, 15) is 42.1 Å². The molecular formula is C64H82O10S5. The van der Waals surface area contributed by atoms with Gasteiger partial charge in [0.05, 0.1) is 52.1 Å². The molecule has 4 unspecified atom stereocenters. The van der Waals surface area contributed by atoms with Crippen LogP contribution in [0, 0.1) is 0 Å². The van der Waals surface area contributed by atoms with Crippen LogP contribution in [-0.2, 0) is 49.2 Å². The van der Waals surface area contributed by atoms with Crippen molar-refractivity contribution in [3.05, 3.63) is 215 Å². The van der Waals surface area contributed by atoms with Crippen molar-refractivity contribution < 1.29 is 42.1 Å². The van der Waals surface area contributed by atoms with E-state index in [2.05, 4.69) is 12.2 Å². The molecule has 0 saturated heterocycles. The number of rotatable bonds is 30. The zero-order valence-electron chi connectivity index (χ0n) is 47.7. The minimum Gasteiger partial charge on any atom is -0.228 e.